The molecule has 2 heterocycles. The van der Waals surface area contributed by atoms with Gasteiger partial charge in [0.25, 0.3) is 5.91 Å². The zero-order valence-corrected chi connectivity index (χ0v) is 13.1. The fourth-order valence-corrected chi connectivity index (χ4v) is 3.28. The van der Waals surface area contributed by atoms with Crippen LogP contribution in [0.25, 0.3) is 10.9 Å². The molecule has 0 saturated heterocycles. The van der Waals surface area contributed by atoms with Crippen molar-refractivity contribution in [1.82, 2.24) is 10.3 Å². The van der Waals surface area contributed by atoms with Gasteiger partial charge in [0.2, 0.25) is 0 Å². The minimum absolute atomic E-state index is 0.0741. The van der Waals surface area contributed by atoms with Gasteiger partial charge >= 0.3 is 0 Å². The summed E-state index contributed by atoms with van der Waals surface area (Å²) in [6.07, 6.45) is 0.737. The predicted octanol–water partition coefficient (Wildman–Crippen LogP) is 4.07. The molecular weight excluding hydrogens is 312 g/mol. The number of carbonyl (C=O) groups excluding carboxylic acids is 1. The van der Waals surface area contributed by atoms with Gasteiger partial charge in [-0.1, -0.05) is 48.0 Å². The standard InChI is InChI=1S/C18H15ClN2O2/c19-16-12-6-1-3-7-13(12)20-17(16)18(22)21-14-9-10-23-15-8-4-2-5-11(14)15/h1-8,14,20H,9-10H2,(H,21,22). The van der Waals surface area contributed by atoms with Crippen LogP contribution in [0.15, 0.2) is 48.5 Å². The maximum Gasteiger partial charge on any atom is 0.269 e. The third-order valence-corrected chi connectivity index (χ3v) is 4.53. The highest BCUT2D eigenvalue weighted by Gasteiger charge is 2.25. The summed E-state index contributed by atoms with van der Waals surface area (Å²) in [5.41, 5.74) is 2.26. The van der Waals surface area contributed by atoms with E-state index in [0.29, 0.717) is 17.3 Å². The topological polar surface area (TPSA) is 54.1 Å². The molecule has 0 spiro atoms. The highest BCUT2D eigenvalue weighted by atomic mass is 35.5. The molecular formula is C18H15ClN2O2. The molecule has 0 radical (unpaired) electrons. The molecule has 1 amide bonds. The minimum Gasteiger partial charge on any atom is -0.493 e. The number of aromatic amines is 1. The first-order chi connectivity index (χ1) is 11.2. The van der Waals surface area contributed by atoms with Crippen molar-refractivity contribution in [2.24, 2.45) is 0 Å². The number of benzene rings is 2. The van der Waals surface area contributed by atoms with Crippen LogP contribution in [-0.4, -0.2) is 17.5 Å². The molecule has 0 saturated carbocycles. The van der Waals surface area contributed by atoms with Gasteiger partial charge in [0.15, 0.2) is 0 Å². The summed E-state index contributed by atoms with van der Waals surface area (Å²) in [6.45, 7) is 0.586. The summed E-state index contributed by atoms with van der Waals surface area (Å²) >= 11 is 6.35. The van der Waals surface area contributed by atoms with Gasteiger partial charge in [-0.05, 0) is 12.1 Å². The lowest BCUT2D eigenvalue weighted by Gasteiger charge is -2.26. The number of nitrogens with one attached hydrogen (secondary N) is 2. The molecule has 0 aliphatic carbocycles. The molecule has 4 rings (SSSR count). The summed E-state index contributed by atoms with van der Waals surface area (Å²) in [6, 6.07) is 15.3. The average molecular weight is 327 g/mol. The Hall–Kier alpha value is -2.46. The number of hydrogen-bond donors (Lipinski definition) is 2. The Morgan fingerprint density at radius 2 is 1.96 bits per heavy atom. The van der Waals surface area contributed by atoms with Gasteiger partial charge in [-0.3, -0.25) is 4.79 Å². The van der Waals surface area contributed by atoms with Gasteiger partial charge in [0.1, 0.15) is 11.4 Å². The monoisotopic (exact) mass is 326 g/mol. The van der Waals surface area contributed by atoms with Crippen molar-refractivity contribution in [2.75, 3.05) is 6.61 Å². The van der Waals surface area contributed by atoms with Crippen molar-refractivity contribution in [1.29, 1.82) is 0 Å². The number of aromatic nitrogens is 1. The van der Waals surface area contributed by atoms with E-state index in [-0.39, 0.29) is 11.9 Å². The number of para-hydroxylation sites is 2. The Bertz CT molecular complexity index is 888. The van der Waals surface area contributed by atoms with E-state index in [9.17, 15) is 4.79 Å². The van der Waals surface area contributed by atoms with Crippen molar-refractivity contribution in [3.05, 3.63) is 64.8 Å². The van der Waals surface area contributed by atoms with E-state index in [1.54, 1.807) is 0 Å². The zero-order valence-electron chi connectivity index (χ0n) is 12.3. The smallest absolute Gasteiger partial charge is 0.269 e. The summed E-state index contributed by atoms with van der Waals surface area (Å²) in [4.78, 5) is 15.7. The zero-order chi connectivity index (χ0) is 15.8. The van der Waals surface area contributed by atoms with Crippen LogP contribution in [0.1, 0.15) is 28.5 Å². The van der Waals surface area contributed by atoms with Gasteiger partial charge in [0, 0.05) is 22.9 Å². The first-order valence-electron chi connectivity index (χ1n) is 7.53. The lowest BCUT2D eigenvalue weighted by atomic mass is 10.0. The van der Waals surface area contributed by atoms with Crippen LogP contribution in [-0.2, 0) is 0 Å². The largest absolute Gasteiger partial charge is 0.493 e. The van der Waals surface area contributed by atoms with Crippen molar-refractivity contribution in [3.63, 3.8) is 0 Å². The van der Waals surface area contributed by atoms with Crippen LogP contribution < -0.4 is 10.1 Å². The molecule has 116 valence electrons. The Labute approximate surface area is 138 Å². The van der Waals surface area contributed by atoms with E-state index in [0.717, 1.165) is 28.6 Å². The number of carbonyl (C=O) groups is 1. The third kappa shape index (κ3) is 2.45. The molecule has 2 N–H and O–H groups in total. The molecule has 4 nitrogen and oxygen atoms in total. The molecule has 1 aliphatic heterocycles. The lowest BCUT2D eigenvalue weighted by Crippen LogP contribution is -2.32. The first-order valence-corrected chi connectivity index (χ1v) is 7.90. The van der Waals surface area contributed by atoms with E-state index in [1.807, 2.05) is 48.5 Å². The fraction of sp³-hybridized carbons (Fsp3) is 0.167. The van der Waals surface area contributed by atoms with E-state index >= 15 is 0 Å². The van der Waals surface area contributed by atoms with Gasteiger partial charge in [-0.15, -0.1) is 0 Å². The van der Waals surface area contributed by atoms with Gasteiger partial charge in [0.05, 0.1) is 17.7 Å². The minimum atomic E-state index is -0.201. The van der Waals surface area contributed by atoms with E-state index < -0.39 is 0 Å². The van der Waals surface area contributed by atoms with Crippen LogP contribution in [0.3, 0.4) is 0 Å². The van der Waals surface area contributed by atoms with Gasteiger partial charge < -0.3 is 15.0 Å². The SMILES string of the molecule is O=C(NC1CCOc2ccccc21)c1[nH]c2ccccc2c1Cl. The van der Waals surface area contributed by atoms with E-state index in [4.69, 9.17) is 16.3 Å². The Morgan fingerprint density at radius 1 is 1.17 bits per heavy atom. The first kappa shape index (κ1) is 14.2. The Morgan fingerprint density at radius 3 is 2.83 bits per heavy atom. The normalized spacial score (nSPS) is 16.7. The van der Waals surface area contributed by atoms with Crippen LogP contribution >= 0.6 is 11.6 Å². The summed E-state index contributed by atoms with van der Waals surface area (Å²) in [5.74, 6) is 0.625. The van der Waals surface area contributed by atoms with Crippen LogP contribution in [0.4, 0.5) is 0 Å². The molecule has 1 atom stereocenters. The van der Waals surface area contributed by atoms with E-state index in [1.165, 1.54) is 0 Å². The molecule has 0 bridgehead atoms. The second-order valence-corrected chi connectivity index (χ2v) is 5.94. The van der Waals surface area contributed by atoms with E-state index in [2.05, 4.69) is 10.3 Å². The van der Waals surface area contributed by atoms with Crippen molar-refractivity contribution >= 4 is 28.4 Å². The van der Waals surface area contributed by atoms with Crippen molar-refractivity contribution < 1.29 is 9.53 Å². The molecule has 1 aromatic heterocycles. The number of hydrogen-bond acceptors (Lipinski definition) is 2. The highest BCUT2D eigenvalue weighted by Crippen LogP contribution is 2.33. The van der Waals surface area contributed by atoms with Crippen LogP contribution in [0, 0.1) is 0 Å². The predicted molar refractivity (Wildman–Crippen MR) is 90.1 cm³/mol. The second kappa shape index (κ2) is 5.63. The highest BCUT2D eigenvalue weighted by molar-refractivity contribution is 6.38. The van der Waals surface area contributed by atoms with Gasteiger partial charge in [-0.2, -0.15) is 0 Å². The van der Waals surface area contributed by atoms with Crippen molar-refractivity contribution in [3.8, 4) is 5.75 Å². The lowest BCUT2D eigenvalue weighted by molar-refractivity contribution is 0.0920. The van der Waals surface area contributed by atoms with Crippen LogP contribution in [0.5, 0.6) is 5.75 Å². The van der Waals surface area contributed by atoms with Crippen molar-refractivity contribution in [2.45, 2.75) is 12.5 Å². The third-order valence-electron chi connectivity index (χ3n) is 4.13. The number of rotatable bonds is 2. The van der Waals surface area contributed by atoms with Crippen LogP contribution in [0.2, 0.25) is 5.02 Å². The average Bonchev–Trinajstić information content (AvgIpc) is 2.93. The fourth-order valence-electron chi connectivity index (χ4n) is 2.99. The second-order valence-electron chi connectivity index (χ2n) is 5.56. The molecule has 0 fully saturated rings. The summed E-state index contributed by atoms with van der Waals surface area (Å²) in [5, 5.41) is 4.37. The maximum atomic E-state index is 12.6. The molecule has 1 aliphatic rings. The summed E-state index contributed by atoms with van der Waals surface area (Å²) < 4.78 is 5.63. The summed E-state index contributed by atoms with van der Waals surface area (Å²) in [7, 11) is 0. The molecule has 2 aromatic carbocycles. The molecule has 1 unspecified atom stereocenters. The molecule has 3 aromatic rings. The Kier molecular flexibility index (Phi) is 3.46. The maximum absolute atomic E-state index is 12.6. The number of amides is 1. The number of halogens is 1. The molecule has 23 heavy (non-hydrogen) atoms. The Balaban J connectivity index is 1.64. The quantitative estimate of drug-likeness (QED) is 0.745. The molecule has 5 heteroatoms. The number of H-pyrrole nitrogens is 1. The van der Waals surface area contributed by atoms with Gasteiger partial charge in [-0.25, -0.2) is 0 Å². The number of ether oxygens (including phenoxy) is 1. The number of fused-ring (bicyclic) bond motifs is 2.